The molecule has 2 unspecified atom stereocenters. The molecule has 2 aliphatic rings. The van der Waals surface area contributed by atoms with E-state index >= 15 is 0 Å². The summed E-state index contributed by atoms with van der Waals surface area (Å²) in [5, 5.41) is 3.46. The molecule has 1 saturated carbocycles. The summed E-state index contributed by atoms with van der Waals surface area (Å²) in [7, 11) is 0. The molecular weight excluding hydrogens is 377 g/mol. The minimum atomic E-state index is -0.963. The number of nitrogens with zero attached hydrogens (tertiary/aromatic N) is 2. The molecule has 0 spiro atoms. The van der Waals surface area contributed by atoms with Crippen LogP contribution in [0.4, 0.5) is 4.39 Å². The molecule has 4 nitrogen and oxygen atoms in total. The van der Waals surface area contributed by atoms with Gasteiger partial charge in [0, 0.05) is 35.7 Å². The van der Waals surface area contributed by atoms with Gasteiger partial charge in [0.2, 0.25) is 0 Å². The number of rotatable bonds is 7. The highest BCUT2D eigenvalue weighted by molar-refractivity contribution is 5.98. The number of alkyl halides is 1. The van der Waals surface area contributed by atoms with E-state index in [-0.39, 0.29) is 17.4 Å². The Kier molecular flexibility index (Phi) is 6.49. The average molecular weight is 412 g/mol. The first-order valence-electron chi connectivity index (χ1n) is 10.8. The molecule has 1 N–H and O–H groups in total. The van der Waals surface area contributed by atoms with Gasteiger partial charge in [0.15, 0.2) is 0 Å². The fraction of sp³-hybridized carbons (Fsp3) is 0.520. The number of likely N-dealkylation sites (tertiary alicyclic amines) is 1. The van der Waals surface area contributed by atoms with Crippen molar-refractivity contribution in [3.63, 3.8) is 0 Å². The number of carbonyl (C=O) groups excluding carboxylic acids is 1. The molecule has 1 saturated heterocycles. The van der Waals surface area contributed by atoms with Crippen LogP contribution in [-0.2, 0) is 4.79 Å². The van der Waals surface area contributed by atoms with Crippen molar-refractivity contribution < 1.29 is 9.18 Å². The fourth-order valence-electron chi connectivity index (χ4n) is 4.13. The zero-order valence-corrected chi connectivity index (χ0v) is 18.9. The van der Waals surface area contributed by atoms with Gasteiger partial charge in [-0.1, -0.05) is 29.8 Å². The molecule has 2 atom stereocenters. The molecular formula is C25H34FN3O. The van der Waals surface area contributed by atoms with Crippen LogP contribution in [0.25, 0.3) is 0 Å². The van der Waals surface area contributed by atoms with E-state index in [0.717, 1.165) is 48.1 Å². The van der Waals surface area contributed by atoms with E-state index in [1.54, 1.807) is 6.92 Å². The lowest BCUT2D eigenvalue weighted by molar-refractivity contribution is -0.125. The Morgan fingerprint density at radius 1 is 1.27 bits per heavy atom. The largest absolute Gasteiger partial charge is 0.365 e. The van der Waals surface area contributed by atoms with Crippen LogP contribution in [0.1, 0.15) is 77.1 Å². The quantitative estimate of drug-likeness (QED) is 0.369. The maximum atomic E-state index is 13.5. The first-order valence-corrected chi connectivity index (χ1v) is 10.8. The number of benzene rings is 1. The number of halogens is 1. The van der Waals surface area contributed by atoms with E-state index in [4.69, 9.17) is 0 Å². The summed E-state index contributed by atoms with van der Waals surface area (Å²) in [5.74, 6) is 1.03. The molecule has 1 aliphatic carbocycles. The maximum Gasteiger partial charge on any atom is 0.254 e. The molecule has 1 aliphatic heterocycles. The molecule has 5 heteroatoms. The van der Waals surface area contributed by atoms with E-state index in [9.17, 15) is 9.18 Å². The number of hydrogen-bond acceptors (Lipinski definition) is 3. The number of hydrogen-bond donors (Lipinski definition) is 1. The van der Waals surface area contributed by atoms with Crippen LogP contribution in [0.3, 0.4) is 0 Å². The van der Waals surface area contributed by atoms with Gasteiger partial charge in [0.05, 0.1) is 0 Å². The van der Waals surface area contributed by atoms with Crippen molar-refractivity contribution in [2.75, 3.05) is 13.1 Å². The van der Waals surface area contributed by atoms with Gasteiger partial charge in [-0.3, -0.25) is 4.79 Å². The van der Waals surface area contributed by atoms with E-state index in [2.05, 4.69) is 24.0 Å². The van der Waals surface area contributed by atoms with Crippen molar-refractivity contribution in [2.45, 2.75) is 71.5 Å². The maximum absolute atomic E-state index is 13.5. The van der Waals surface area contributed by atoms with Gasteiger partial charge in [-0.15, -0.1) is 0 Å². The number of carbonyl (C=O) groups is 1. The van der Waals surface area contributed by atoms with Crippen molar-refractivity contribution in [1.82, 2.24) is 10.2 Å². The summed E-state index contributed by atoms with van der Waals surface area (Å²) in [6.45, 7) is 14.7. The second kappa shape index (κ2) is 8.75. The van der Waals surface area contributed by atoms with E-state index in [1.807, 2.05) is 49.9 Å². The second-order valence-corrected chi connectivity index (χ2v) is 9.21. The fourth-order valence-corrected chi connectivity index (χ4v) is 4.13. The predicted octanol–water partition coefficient (Wildman–Crippen LogP) is 5.44. The van der Waals surface area contributed by atoms with Gasteiger partial charge >= 0.3 is 0 Å². The Labute approximate surface area is 180 Å². The number of nitrogens with one attached hydrogen (secondary N) is 1. The number of aliphatic imine (C=N–C) groups is 1. The standard InChI is InChI=1S/C25H34FN3O/c1-16(2)22(17(3)23(27-6)28-25(5)12-13-25)24(30)29-14-11-21(15-29)20-9-7-19(8-10-20)18(4)26/h7-10,18,21,28H,6,11-15H2,1-5H3/b23-17-. The smallest absolute Gasteiger partial charge is 0.254 e. The molecule has 1 aromatic carbocycles. The van der Waals surface area contributed by atoms with Gasteiger partial charge in [-0.05, 0) is 71.7 Å². The topological polar surface area (TPSA) is 44.7 Å². The second-order valence-electron chi connectivity index (χ2n) is 9.21. The molecule has 1 heterocycles. The van der Waals surface area contributed by atoms with Crippen LogP contribution in [0, 0.1) is 0 Å². The lowest BCUT2D eigenvalue weighted by Gasteiger charge is -2.23. The molecule has 0 radical (unpaired) electrons. The lowest BCUT2D eigenvalue weighted by atomic mass is 9.96. The van der Waals surface area contributed by atoms with Gasteiger partial charge in [0.25, 0.3) is 5.91 Å². The number of allylic oxidation sites excluding steroid dienone is 1. The summed E-state index contributed by atoms with van der Waals surface area (Å²) in [6.07, 6.45) is 2.16. The predicted molar refractivity (Wildman–Crippen MR) is 121 cm³/mol. The molecule has 30 heavy (non-hydrogen) atoms. The first kappa shape index (κ1) is 22.3. The summed E-state index contributed by atoms with van der Waals surface area (Å²) >= 11 is 0. The van der Waals surface area contributed by atoms with Crippen LogP contribution in [0.15, 0.2) is 51.8 Å². The van der Waals surface area contributed by atoms with E-state index in [1.165, 1.54) is 0 Å². The van der Waals surface area contributed by atoms with Crippen molar-refractivity contribution in [1.29, 1.82) is 0 Å². The SMILES string of the molecule is C=N/C(NC1(C)CC1)=C(\C)C(C(=O)N1CCC(c2ccc(C(C)F)cc2)C1)=C(C)C. The minimum absolute atomic E-state index is 0.0490. The van der Waals surface area contributed by atoms with Crippen LogP contribution >= 0.6 is 0 Å². The average Bonchev–Trinajstić information content (AvgIpc) is 3.23. The molecule has 1 aromatic rings. The lowest BCUT2D eigenvalue weighted by Crippen LogP contribution is -2.32. The molecule has 1 amide bonds. The molecule has 0 aromatic heterocycles. The van der Waals surface area contributed by atoms with E-state index in [0.29, 0.717) is 17.9 Å². The van der Waals surface area contributed by atoms with E-state index < -0.39 is 6.17 Å². The Morgan fingerprint density at radius 2 is 1.90 bits per heavy atom. The third kappa shape index (κ3) is 4.82. The van der Waals surface area contributed by atoms with Crippen LogP contribution in [0.5, 0.6) is 0 Å². The summed E-state index contributed by atoms with van der Waals surface area (Å²) in [6, 6.07) is 7.70. The van der Waals surface area contributed by atoms with Crippen molar-refractivity contribution in [2.24, 2.45) is 4.99 Å². The Hall–Kier alpha value is -2.43. The molecule has 162 valence electrons. The molecule has 2 fully saturated rings. The van der Waals surface area contributed by atoms with Crippen molar-refractivity contribution >= 4 is 12.6 Å². The van der Waals surface area contributed by atoms with Crippen LogP contribution < -0.4 is 5.32 Å². The van der Waals surface area contributed by atoms with Crippen molar-refractivity contribution in [3.8, 4) is 0 Å². The van der Waals surface area contributed by atoms with Crippen molar-refractivity contribution in [3.05, 3.63) is 57.9 Å². The summed E-state index contributed by atoms with van der Waals surface area (Å²) in [5.41, 5.74) is 4.47. The first-order chi connectivity index (χ1) is 14.1. The zero-order valence-electron chi connectivity index (χ0n) is 18.9. The monoisotopic (exact) mass is 411 g/mol. The van der Waals surface area contributed by atoms with Crippen LogP contribution in [-0.4, -0.2) is 36.2 Å². The van der Waals surface area contributed by atoms with Gasteiger partial charge in [-0.25, -0.2) is 9.38 Å². The molecule has 0 bridgehead atoms. The Balaban J connectivity index is 1.77. The minimum Gasteiger partial charge on any atom is -0.365 e. The van der Waals surface area contributed by atoms with Gasteiger partial charge in [0.1, 0.15) is 12.0 Å². The molecule has 3 rings (SSSR count). The normalized spacial score (nSPS) is 21.5. The highest BCUT2D eigenvalue weighted by Gasteiger charge is 2.38. The summed E-state index contributed by atoms with van der Waals surface area (Å²) < 4.78 is 13.5. The zero-order chi connectivity index (χ0) is 22.1. The van der Waals surface area contributed by atoms with Crippen LogP contribution in [0.2, 0.25) is 0 Å². The highest BCUT2D eigenvalue weighted by atomic mass is 19.1. The highest BCUT2D eigenvalue weighted by Crippen LogP contribution is 2.37. The van der Waals surface area contributed by atoms with Gasteiger partial charge < -0.3 is 10.2 Å². The third-order valence-corrected chi connectivity index (χ3v) is 6.37. The Morgan fingerprint density at radius 3 is 2.40 bits per heavy atom. The third-order valence-electron chi connectivity index (χ3n) is 6.37. The Bertz CT molecular complexity index is 874. The van der Waals surface area contributed by atoms with Gasteiger partial charge in [-0.2, -0.15) is 0 Å². The summed E-state index contributed by atoms with van der Waals surface area (Å²) in [4.78, 5) is 19.6. The number of amides is 1.